The molecule has 3 aromatic rings. The number of nitrogens with one attached hydrogen (secondary N) is 1. The third-order valence-electron chi connectivity index (χ3n) is 4.42. The molecule has 0 saturated carbocycles. The van der Waals surface area contributed by atoms with Crippen LogP contribution in [0.1, 0.15) is 16.1 Å². The molecular weight excluding hydrogens is 440 g/mol. The van der Waals surface area contributed by atoms with Gasteiger partial charge in [0.2, 0.25) is 5.88 Å². The Bertz CT molecular complexity index is 1190. The monoisotopic (exact) mass is 462 g/mol. The largest absolute Gasteiger partial charge is 0.496 e. The Labute approximate surface area is 184 Å². The summed E-state index contributed by atoms with van der Waals surface area (Å²) in [7, 11) is 1.01. The summed E-state index contributed by atoms with van der Waals surface area (Å²) in [5.41, 5.74) is 0.509. The van der Waals surface area contributed by atoms with Crippen LogP contribution in [0.5, 0.6) is 23.1 Å². The molecule has 0 saturated heterocycles. The fourth-order valence-electron chi connectivity index (χ4n) is 2.93. The fourth-order valence-corrected chi connectivity index (χ4v) is 4.19. The number of carbonyl (C=O) groups is 1. The van der Waals surface area contributed by atoms with Crippen molar-refractivity contribution >= 4 is 15.9 Å². The highest BCUT2D eigenvalue weighted by Crippen LogP contribution is 2.37. The van der Waals surface area contributed by atoms with E-state index in [0.717, 1.165) is 0 Å². The minimum absolute atomic E-state index is 0.0541. The molecule has 1 aromatic carbocycles. The molecule has 12 heteroatoms. The summed E-state index contributed by atoms with van der Waals surface area (Å²) in [5, 5.41) is 4.11. The van der Waals surface area contributed by atoms with Crippen LogP contribution in [0.15, 0.2) is 47.6 Å². The van der Waals surface area contributed by atoms with Crippen molar-refractivity contribution in [1.82, 2.24) is 19.5 Å². The number of rotatable bonds is 9. The molecule has 0 fully saturated rings. The molecule has 0 atom stereocenters. The second kappa shape index (κ2) is 9.56. The molecule has 170 valence electrons. The molecule has 0 spiro atoms. The van der Waals surface area contributed by atoms with Crippen LogP contribution in [0.2, 0.25) is 0 Å². The van der Waals surface area contributed by atoms with Gasteiger partial charge in [0.05, 0.1) is 35.0 Å². The number of aromatic nitrogens is 3. The first-order valence-electron chi connectivity index (χ1n) is 9.21. The minimum atomic E-state index is -4.39. The second-order valence-electron chi connectivity index (χ2n) is 6.36. The maximum absolute atomic E-state index is 13.0. The van der Waals surface area contributed by atoms with E-state index in [4.69, 9.17) is 18.9 Å². The first kappa shape index (κ1) is 22.9. The molecule has 3 rings (SSSR count). The lowest BCUT2D eigenvalue weighted by Crippen LogP contribution is -2.32. The lowest BCUT2D eigenvalue weighted by molar-refractivity contribution is 0.0975. The smallest absolute Gasteiger partial charge is 0.283 e. The molecule has 1 N–H and O–H groups in total. The number of amides is 1. The zero-order valence-corrected chi connectivity index (χ0v) is 18.7. The summed E-state index contributed by atoms with van der Waals surface area (Å²) in [5.74, 6) is -0.564. The van der Waals surface area contributed by atoms with E-state index in [1.54, 1.807) is 29.2 Å². The number of benzene rings is 1. The van der Waals surface area contributed by atoms with E-state index in [-0.39, 0.29) is 28.0 Å². The third kappa shape index (κ3) is 4.75. The van der Waals surface area contributed by atoms with Crippen molar-refractivity contribution in [2.45, 2.75) is 11.4 Å². The highest BCUT2D eigenvalue weighted by Gasteiger charge is 2.29. The van der Waals surface area contributed by atoms with Gasteiger partial charge >= 0.3 is 0 Å². The van der Waals surface area contributed by atoms with Crippen LogP contribution in [-0.2, 0) is 16.6 Å². The van der Waals surface area contributed by atoms with Crippen LogP contribution in [-0.4, -0.2) is 57.5 Å². The standard InChI is InChI=1S/C20H22N4O7S/c1-28-14-10-16(29-2)18(17(11-14)30-3)32(26,27)23-19(25)15-7-6-13(20(22-15)31-4)12-24-9-5-8-21-24/h5-11H,12H2,1-4H3,(H,23,25). The van der Waals surface area contributed by atoms with Gasteiger partial charge in [0.1, 0.15) is 22.9 Å². The number of carbonyl (C=O) groups excluding carboxylic acids is 1. The Hall–Kier alpha value is -3.80. The van der Waals surface area contributed by atoms with E-state index < -0.39 is 15.9 Å². The summed E-state index contributed by atoms with van der Waals surface area (Å²) in [4.78, 5) is 16.5. The van der Waals surface area contributed by atoms with Gasteiger partial charge in [0.25, 0.3) is 15.9 Å². The van der Waals surface area contributed by atoms with E-state index >= 15 is 0 Å². The van der Waals surface area contributed by atoms with E-state index in [0.29, 0.717) is 17.9 Å². The number of nitrogens with zero attached hydrogens (tertiary/aromatic N) is 3. The molecular formula is C20H22N4O7S. The van der Waals surface area contributed by atoms with Crippen molar-refractivity contribution in [3.63, 3.8) is 0 Å². The van der Waals surface area contributed by atoms with Crippen molar-refractivity contribution in [1.29, 1.82) is 0 Å². The van der Waals surface area contributed by atoms with Crippen molar-refractivity contribution in [2.24, 2.45) is 0 Å². The van der Waals surface area contributed by atoms with E-state index in [1.807, 2.05) is 4.72 Å². The first-order valence-corrected chi connectivity index (χ1v) is 10.7. The van der Waals surface area contributed by atoms with Gasteiger partial charge in [-0.05, 0) is 18.2 Å². The van der Waals surface area contributed by atoms with Crippen LogP contribution in [0.25, 0.3) is 0 Å². The van der Waals surface area contributed by atoms with E-state index in [1.165, 1.54) is 46.6 Å². The number of hydrogen-bond donors (Lipinski definition) is 1. The van der Waals surface area contributed by atoms with Gasteiger partial charge < -0.3 is 18.9 Å². The van der Waals surface area contributed by atoms with E-state index in [9.17, 15) is 13.2 Å². The molecule has 11 nitrogen and oxygen atoms in total. The molecule has 2 heterocycles. The molecule has 0 bridgehead atoms. The minimum Gasteiger partial charge on any atom is -0.496 e. The molecule has 0 aliphatic heterocycles. The molecule has 0 aliphatic rings. The lowest BCUT2D eigenvalue weighted by atomic mass is 10.2. The lowest BCUT2D eigenvalue weighted by Gasteiger charge is -2.16. The van der Waals surface area contributed by atoms with Gasteiger partial charge in [-0.15, -0.1) is 0 Å². The van der Waals surface area contributed by atoms with Crippen LogP contribution in [0, 0.1) is 0 Å². The molecule has 0 aliphatic carbocycles. The van der Waals surface area contributed by atoms with Gasteiger partial charge in [-0.3, -0.25) is 9.48 Å². The summed E-state index contributed by atoms with van der Waals surface area (Å²) in [6, 6.07) is 7.52. The molecule has 1 amide bonds. The van der Waals surface area contributed by atoms with Crippen LogP contribution < -0.4 is 23.7 Å². The normalized spacial score (nSPS) is 11.0. The summed E-state index contributed by atoms with van der Waals surface area (Å²) >= 11 is 0. The average Bonchev–Trinajstić information content (AvgIpc) is 3.30. The van der Waals surface area contributed by atoms with Gasteiger partial charge in [-0.25, -0.2) is 18.1 Å². The average molecular weight is 462 g/mol. The summed E-state index contributed by atoms with van der Waals surface area (Å²) < 4.78 is 50.4. The highest BCUT2D eigenvalue weighted by atomic mass is 32.2. The number of methoxy groups -OCH3 is 4. The Morgan fingerprint density at radius 1 is 1.03 bits per heavy atom. The Kier molecular flexibility index (Phi) is 6.83. The molecule has 0 radical (unpaired) electrons. The van der Waals surface area contributed by atoms with Crippen LogP contribution >= 0.6 is 0 Å². The highest BCUT2D eigenvalue weighted by molar-refractivity contribution is 7.90. The first-order chi connectivity index (χ1) is 15.3. The van der Waals surface area contributed by atoms with Gasteiger partial charge in [-0.1, -0.05) is 0 Å². The van der Waals surface area contributed by atoms with Crippen molar-refractivity contribution in [2.75, 3.05) is 28.4 Å². The van der Waals surface area contributed by atoms with Crippen LogP contribution in [0.3, 0.4) is 0 Å². The Morgan fingerprint density at radius 2 is 1.72 bits per heavy atom. The van der Waals surface area contributed by atoms with Crippen molar-refractivity contribution < 1.29 is 32.2 Å². The Balaban J connectivity index is 1.91. The Morgan fingerprint density at radius 3 is 2.25 bits per heavy atom. The van der Waals surface area contributed by atoms with Gasteiger partial charge in [0.15, 0.2) is 4.90 Å². The second-order valence-corrected chi connectivity index (χ2v) is 7.98. The number of pyridine rings is 1. The number of ether oxygens (including phenoxy) is 4. The fraction of sp³-hybridized carbons (Fsp3) is 0.250. The molecule has 0 unspecified atom stereocenters. The predicted octanol–water partition coefficient (Wildman–Crippen LogP) is 1.48. The third-order valence-corrected chi connectivity index (χ3v) is 5.82. The zero-order chi connectivity index (χ0) is 23.3. The number of sulfonamides is 1. The SMILES string of the molecule is COc1cc(OC)c(S(=O)(=O)NC(=O)c2ccc(Cn3cccn3)c(OC)n2)c(OC)c1. The molecule has 32 heavy (non-hydrogen) atoms. The zero-order valence-electron chi connectivity index (χ0n) is 17.9. The van der Waals surface area contributed by atoms with Crippen molar-refractivity contribution in [3.05, 3.63) is 54.0 Å². The quantitative estimate of drug-likeness (QED) is 0.502. The molecule has 2 aromatic heterocycles. The predicted molar refractivity (Wildman–Crippen MR) is 113 cm³/mol. The van der Waals surface area contributed by atoms with E-state index in [2.05, 4.69) is 10.1 Å². The number of hydrogen-bond acceptors (Lipinski definition) is 9. The summed E-state index contributed by atoms with van der Waals surface area (Å²) in [6.07, 6.45) is 3.40. The maximum atomic E-state index is 13.0. The van der Waals surface area contributed by atoms with Crippen LogP contribution in [0.4, 0.5) is 0 Å². The topological polar surface area (TPSA) is 131 Å². The maximum Gasteiger partial charge on any atom is 0.283 e. The summed E-state index contributed by atoms with van der Waals surface area (Å²) in [6.45, 7) is 0.365. The van der Waals surface area contributed by atoms with Gasteiger partial charge in [0, 0.05) is 30.1 Å². The van der Waals surface area contributed by atoms with Gasteiger partial charge in [-0.2, -0.15) is 5.10 Å². The van der Waals surface area contributed by atoms with Crippen molar-refractivity contribution in [3.8, 4) is 23.1 Å².